The Morgan fingerprint density at radius 1 is 1.44 bits per heavy atom. The zero-order valence-electron chi connectivity index (χ0n) is 10.7. The Balaban J connectivity index is 1.93. The van der Waals surface area contributed by atoms with E-state index in [-0.39, 0.29) is 18.1 Å². The molecule has 0 aliphatic heterocycles. The number of rotatable bonds is 4. The van der Waals surface area contributed by atoms with Crippen molar-refractivity contribution in [3.8, 4) is 11.8 Å². The van der Waals surface area contributed by atoms with Crippen LogP contribution in [0.3, 0.4) is 0 Å². The first-order valence-corrected chi connectivity index (χ1v) is 6.08. The number of hydrogen-bond acceptors (Lipinski definition) is 4. The minimum atomic E-state index is -0.228. The van der Waals surface area contributed by atoms with Gasteiger partial charge in [-0.05, 0) is 30.7 Å². The van der Waals surface area contributed by atoms with E-state index in [1.807, 2.05) is 30.3 Å². The number of hydrogen-bond donors (Lipinski definition) is 2. The predicted molar refractivity (Wildman–Crippen MR) is 69.4 cm³/mol. The minimum Gasteiger partial charge on any atom is -0.479 e. The maximum Gasteiger partial charge on any atom is 0.174 e. The van der Waals surface area contributed by atoms with Crippen LogP contribution in [-0.4, -0.2) is 23.9 Å². The smallest absolute Gasteiger partial charge is 0.174 e. The van der Waals surface area contributed by atoms with Crippen molar-refractivity contribution in [2.24, 2.45) is 5.41 Å². The van der Waals surface area contributed by atoms with E-state index in [1.165, 1.54) is 0 Å². The molecule has 1 aliphatic carbocycles. The van der Waals surface area contributed by atoms with Crippen molar-refractivity contribution in [3.05, 3.63) is 24.3 Å². The summed E-state index contributed by atoms with van der Waals surface area (Å²) in [5, 5.41) is 21.5. The second-order valence-electron chi connectivity index (χ2n) is 5.24. The van der Waals surface area contributed by atoms with E-state index in [2.05, 4.69) is 19.2 Å². The number of aliphatic hydroxyl groups excluding tert-OH is 1. The van der Waals surface area contributed by atoms with Gasteiger partial charge in [-0.25, -0.2) is 0 Å². The van der Waals surface area contributed by atoms with Crippen molar-refractivity contribution in [2.75, 3.05) is 11.9 Å². The Bertz CT molecular complexity index is 448. The van der Waals surface area contributed by atoms with Crippen molar-refractivity contribution in [1.29, 1.82) is 5.26 Å². The highest BCUT2D eigenvalue weighted by atomic mass is 16.5. The molecule has 0 amide bonds. The average molecular weight is 246 g/mol. The van der Waals surface area contributed by atoms with Crippen molar-refractivity contribution in [3.63, 3.8) is 0 Å². The summed E-state index contributed by atoms with van der Waals surface area (Å²) in [6, 6.07) is 9.74. The van der Waals surface area contributed by atoms with Crippen LogP contribution in [0.2, 0.25) is 0 Å². The van der Waals surface area contributed by atoms with Gasteiger partial charge in [0, 0.05) is 17.1 Å². The minimum absolute atomic E-state index is 0.0641. The second-order valence-corrected chi connectivity index (χ2v) is 5.24. The molecule has 2 unspecified atom stereocenters. The molecular formula is C14H18N2O2. The molecule has 2 N–H and O–H groups in total. The van der Waals surface area contributed by atoms with Crippen molar-refractivity contribution in [2.45, 2.75) is 32.4 Å². The van der Waals surface area contributed by atoms with Gasteiger partial charge in [0.15, 0.2) is 6.61 Å². The molecule has 2 rings (SSSR count). The molecular weight excluding hydrogens is 228 g/mol. The summed E-state index contributed by atoms with van der Waals surface area (Å²) < 4.78 is 5.18. The highest BCUT2D eigenvalue weighted by Crippen LogP contribution is 2.42. The van der Waals surface area contributed by atoms with Gasteiger partial charge in [0.25, 0.3) is 0 Å². The molecule has 4 nitrogen and oxygen atoms in total. The predicted octanol–water partition coefficient (Wildman–Crippen LogP) is 2.16. The SMILES string of the molecule is CC1(C)C(O)CC1Nc1ccc(OCC#N)cc1. The van der Waals surface area contributed by atoms with Gasteiger partial charge in [-0.1, -0.05) is 13.8 Å². The fourth-order valence-corrected chi connectivity index (χ4v) is 2.11. The molecule has 2 atom stereocenters. The highest BCUT2D eigenvalue weighted by molar-refractivity contribution is 5.48. The van der Waals surface area contributed by atoms with Crippen LogP contribution in [0.1, 0.15) is 20.3 Å². The van der Waals surface area contributed by atoms with E-state index in [1.54, 1.807) is 0 Å². The lowest BCUT2D eigenvalue weighted by Crippen LogP contribution is -2.56. The van der Waals surface area contributed by atoms with Gasteiger partial charge in [0.2, 0.25) is 0 Å². The first-order chi connectivity index (χ1) is 8.54. The number of ether oxygens (including phenoxy) is 1. The molecule has 4 heteroatoms. The molecule has 1 aromatic carbocycles. The number of aliphatic hydroxyl groups is 1. The summed E-state index contributed by atoms with van der Waals surface area (Å²) in [6.07, 6.45) is 0.549. The highest BCUT2D eigenvalue weighted by Gasteiger charge is 2.47. The standard InChI is InChI=1S/C14H18N2O2/c1-14(2)12(9-13(14)17)16-10-3-5-11(6-4-10)18-8-7-15/h3-6,12-13,16-17H,8-9H2,1-2H3. The lowest BCUT2D eigenvalue weighted by Gasteiger charge is -2.49. The van der Waals surface area contributed by atoms with Gasteiger partial charge in [-0.2, -0.15) is 5.26 Å². The third-order valence-corrected chi connectivity index (χ3v) is 3.71. The summed E-state index contributed by atoms with van der Waals surface area (Å²) in [7, 11) is 0. The molecule has 0 spiro atoms. The first-order valence-electron chi connectivity index (χ1n) is 6.08. The van der Waals surface area contributed by atoms with Gasteiger partial charge in [0.05, 0.1) is 6.10 Å². The maximum atomic E-state index is 9.67. The largest absolute Gasteiger partial charge is 0.479 e. The third-order valence-electron chi connectivity index (χ3n) is 3.71. The van der Waals surface area contributed by atoms with Gasteiger partial charge < -0.3 is 15.2 Å². The van der Waals surface area contributed by atoms with E-state index in [4.69, 9.17) is 10.00 Å². The van der Waals surface area contributed by atoms with E-state index in [0.717, 1.165) is 12.1 Å². The maximum absolute atomic E-state index is 9.67. The second kappa shape index (κ2) is 4.87. The molecule has 96 valence electrons. The molecule has 1 aromatic rings. The van der Waals surface area contributed by atoms with Crippen molar-refractivity contribution >= 4 is 5.69 Å². The van der Waals surface area contributed by atoms with Gasteiger partial charge in [-0.15, -0.1) is 0 Å². The normalized spacial score (nSPS) is 24.8. The molecule has 0 aromatic heterocycles. The molecule has 0 bridgehead atoms. The molecule has 18 heavy (non-hydrogen) atoms. The molecule has 1 fully saturated rings. The number of nitrogens with one attached hydrogen (secondary N) is 1. The molecule has 0 saturated heterocycles. The van der Waals surface area contributed by atoms with E-state index >= 15 is 0 Å². The summed E-state index contributed by atoms with van der Waals surface area (Å²) >= 11 is 0. The summed E-state index contributed by atoms with van der Waals surface area (Å²) in [5.41, 5.74) is 0.917. The van der Waals surface area contributed by atoms with Gasteiger partial charge >= 0.3 is 0 Å². The van der Waals surface area contributed by atoms with Crippen molar-refractivity contribution in [1.82, 2.24) is 0 Å². The topological polar surface area (TPSA) is 65.3 Å². The van der Waals surface area contributed by atoms with Crippen LogP contribution in [0.5, 0.6) is 5.75 Å². The first kappa shape index (κ1) is 12.7. The van der Waals surface area contributed by atoms with Gasteiger partial charge in [0.1, 0.15) is 11.8 Å². The quantitative estimate of drug-likeness (QED) is 0.854. The van der Waals surface area contributed by atoms with E-state index < -0.39 is 0 Å². The molecule has 1 saturated carbocycles. The van der Waals surface area contributed by atoms with Crippen LogP contribution in [0.4, 0.5) is 5.69 Å². The van der Waals surface area contributed by atoms with E-state index in [0.29, 0.717) is 11.8 Å². The Kier molecular flexibility index (Phi) is 3.44. The van der Waals surface area contributed by atoms with Crippen LogP contribution in [0.15, 0.2) is 24.3 Å². The lowest BCUT2D eigenvalue weighted by molar-refractivity contribution is -0.0510. The van der Waals surface area contributed by atoms with Crippen LogP contribution < -0.4 is 10.1 Å². The third kappa shape index (κ3) is 2.41. The average Bonchev–Trinajstić information content (AvgIpc) is 2.37. The lowest BCUT2D eigenvalue weighted by atomic mass is 9.64. The van der Waals surface area contributed by atoms with Crippen molar-refractivity contribution < 1.29 is 9.84 Å². The van der Waals surface area contributed by atoms with Crippen LogP contribution >= 0.6 is 0 Å². The Hall–Kier alpha value is -1.73. The molecule has 0 heterocycles. The fraction of sp³-hybridized carbons (Fsp3) is 0.500. The number of anilines is 1. The zero-order chi connectivity index (χ0) is 13.2. The van der Waals surface area contributed by atoms with Gasteiger partial charge in [-0.3, -0.25) is 0 Å². The number of nitrogens with zero attached hydrogens (tertiary/aromatic N) is 1. The van der Waals surface area contributed by atoms with E-state index in [9.17, 15) is 5.11 Å². The Morgan fingerprint density at radius 3 is 2.61 bits per heavy atom. The summed E-state index contributed by atoms with van der Waals surface area (Å²) in [6.45, 7) is 4.18. The van der Waals surface area contributed by atoms with Crippen LogP contribution in [0, 0.1) is 16.7 Å². The Morgan fingerprint density at radius 2 is 2.11 bits per heavy atom. The monoisotopic (exact) mass is 246 g/mol. The number of nitriles is 1. The molecule has 1 aliphatic rings. The molecule has 0 radical (unpaired) electrons. The Labute approximate surface area is 107 Å². The summed E-state index contributed by atoms with van der Waals surface area (Å²) in [5.74, 6) is 0.690. The van der Waals surface area contributed by atoms with Crippen LogP contribution in [0.25, 0.3) is 0 Å². The number of benzene rings is 1. The summed E-state index contributed by atoms with van der Waals surface area (Å²) in [4.78, 5) is 0. The zero-order valence-corrected chi connectivity index (χ0v) is 10.7. The fourth-order valence-electron chi connectivity index (χ4n) is 2.11. The van der Waals surface area contributed by atoms with Crippen LogP contribution in [-0.2, 0) is 0 Å².